The topological polar surface area (TPSA) is 16.1 Å². The van der Waals surface area contributed by atoms with Crippen LogP contribution in [0.25, 0.3) is 0 Å². The van der Waals surface area contributed by atoms with Gasteiger partial charge in [-0.2, -0.15) is 0 Å². The van der Waals surface area contributed by atoms with Crippen LogP contribution in [0.4, 0.5) is 5.82 Å². The molecule has 0 aliphatic carbocycles. The first-order chi connectivity index (χ1) is 9.10. The first kappa shape index (κ1) is 14.6. The minimum atomic E-state index is 0.432. The summed E-state index contributed by atoms with van der Waals surface area (Å²) in [4.78, 5) is 6.49. The lowest BCUT2D eigenvalue weighted by atomic mass is 10.2. The van der Waals surface area contributed by atoms with Crippen molar-refractivity contribution in [1.29, 1.82) is 0 Å². The maximum Gasteiger partial charge on any atom is 0.133 e. The van der Waals surface area contributed by atoms with Crippen LogP contribution in [-0.2, 0) is 12.4 Å². The van der Waals surface area contributed by atoms with E-state index in [0.29, 0.717) is 5.88 Å². The molecule has 0 radical (unpaired) electrons. The quantitative estimate of drug-likeness (QED) is 0.723. The normalized spacial score (nSPS) is 10.5. The van der Waals surface area contributed by atoms with Gasteiger partial charge in [0, 0.05) is 34.8 Å². The van der Waals surface area contributed by atoms with Crippen LogP contribution in [0.2, 0.25) is 5.02 Å². The van der Waals surface area contributed by atoms with Gasteiger partial charge in [0.25, 0.3) is 0 Å². The molecule has 0 fully saturated rings. The van der Waals surface area contributed by atoms with E-state index in [1.807, 2.05) is 37.4 Å². The number of aromatic nitrogens is 1. The molecule has 0 spiro atoms. The second-order valence-electron chi connectivity index (χ2n) is 4.26. The summed E-state index contributed by atoms with van der Waals surface area (Å²) in [6.45, 7) is 0.735. The number of rotatable bonds is 4. The maximum atomic E-state index is 5.99. The molecule has 0 aliphatic rings. The molecule has 0 N–H and O–H groups in total. The second-order valence-corrected chi connectivity index (χ2v) is 5.88. The predicted octanol–water partition coefficient (Wildman–Crippen LogP) is 4.87. The summed E-state index contributed by atoms with van der Waals surface area (Å²) in [5.41, 5.74) is 2.14. The van der Waals surface area contributed by atoms with E-state index in [2.05, 4.69) is 25.8 Å². The van der Waals surface area contributed by atoms with Crippen molar-refractivity contribution in [2.45, 2.75) is 12.4 Å². The molecular formula is C14H13BrCl2N2. The summed E-state index contributed by atoms with van der Waals surface area (Å²) in [7, 11) is 1.99. The van der Waals surface area contributed by atoms with Crippen molar-refractivity contribution in [1.82, 2.24) is 4.98 Å². The Morgan fingerprint density at radius 2 is 2.11 bits per heavy atom. The van der Waals surface area contributed by atoms with Crippen LogP contribution in [-0.4, -0.2) is 12.0 Å². The van der Waals surface area contributed by atoms with Gasteiger partial charge >= 0.3 is 0 Å². The molecule has 1 aromatic heterocycles. The Morgan fingerprint density at radius 1 is 1.32 bits per heavy atom. The van der Waals surface area contributed by atoms with E-state index >= 15 is 0 Å². The third-order valence-corrected chi connectivity index (χ3v) is 3.68. The van der Waals surface area contributed by atoms with Gasteiger partial charge in [0.05, 0.1) is 5.88 Å². The van der Waals surface area contributed by atoms with Crippen molar-refractivity contribution in [2.24, 2.45) is 0 Å². The summed E-state index contributed by atoms with van der Waals surface area (Å²) < 4.78 is 0.933. The number of hydrogen-bond acceptors (Lipinski definition) is 2. The molecule has 0 atom stereocenters. The zero-order chi connectivity index (χ0) is 13.8. The molecule has 1 heterocycles. The highest BCUT2D eigenvalue weighted by Crippen LogP contribution is 2.24. The van der Waals surface area contributed by atoms with Crippen molar-refractivity contribution in [3.63, 3.8) is 0 Å². The maximum absolute atomic E-state index is 5.99. The van der Waals surface area contributed by atoms with Gasteiger partial charge in [-0.3, -0.25) is 0 Å². The van der Waals surface area contributed by atoms with Crippen LogP contribution < -0.4 is 4.90 Å². The first-order valence-corrected chi connectivity index (χ1v) is 7.46. The van der Waals surface area contributed by atoms with Crippen molar-refractivity contribution in [3.8, 4) is 0 Å². The fourth-order valence-corrected chi connectivity index (χ4v) is 2.69. The molecule has 2 aromatic rings. The summed E-state index contributed by atoms with van der Waals surface area (Å²) in [6, 6.07) is 9.80. The Kier molecular flexibility index (Phi) is 5.08. The van der Waals surface area contributed by atoms with Gasteiger partial charge in [-0.1, -0.05) is 23.7 Å². The fourth-order valence-electron chi connectivity index (χ4n) is 1.90. The largest absolute Gasteiger partial charge is 0.355 e. The summed E-state index contributed by atoms with van der Waals surface area (Å²) in [5.74, 6) is 1.32. The number of nitrogens with zero attached hydrogens (tertiary/aromatic N) is 2. The lowest BCUT2D eigenvalue weighted by molar-refractivity contribution is 0.888. The highest BCUT2D eigenvalue weighted by atomic mass is 79.9. The van der Waals surface area contributed by atoms with E-state index in [4.69, 9.17) is 23.2 Å². The SMILES string of the molecule is CN(Cc1cccc(Cl)c1)c1ncc(Br)cc1CCl. The van der Waals surface area contributed by atoms with Gasteiger partial charge in [-0.15, -0.1) is 11.6 Å². The molecule has 19 heavy (non-hydrogen) atoms. The fraction of sp³-hybridized carbons (Fsp3) is 0.214. The Morgan fingerprint density at radius 3 is 2.79 bits per heavy atom. The zero-order valence-electron chi connectivity index (χ0n) is 10.4. The van der Waals surface area contributed by atoms with Gasteiger partial charge in [0.1, 0.15) is 5.82 Å². The second kappa shape index (κ2) is 6.60. The first-order valence-electron chi connectivity index (χ1n) is 5.76. The molecule has 5 heteroatoms. The molecular weight excluding hydrogens is 347 g/mol. The lowest BCUT2D eigenvalue weighted by Gasteiger charge is -2.21. The minimum Gasteiger partial charge on any atom is -0.355 e. The van der Waals surface area contributed by atoms with E-state index < -0.39 is 0 Å². The van der Waals surface area contributed by atoms with Crippen LogP contribution in [0, 0.1) is 0 Å². The zero-order valence-corrected chi connectivity index (χ0v) is 13.5. The van der Waals surface area contributed by atoms with Crippen molar-refractivity contribution < 1.29 is 0 Å². The van der Waals surface area contributed by atoms with E-state index in [1.165, 1.54) is 0 Å². The Labute approximate surface area is 131 Å². The van der Waals surface area contributed by atoms with Crippen LogP contribution in [0.5, 0.6) is 0 Å². The van der Waals surface area contributed by atoms with Crippen molar-refractivity contribution >= 4 is 44.9 Å². The summed E-state index contributed by atoms with van der Waals surface area (Å²) in [5, 5.41) is 0.743. The Bertz CT molecular complexity index is 575. The van der Waals surface area contributed by atoms with Gasteiger partial charge < -0.3 is 4.90 Å². The summed E-state index contributed by atoms with van der Waals surface area (Å²) in [6.07, 6.45) is 1.78. The number of alkyl halides is 1. The molecule has 0 unspecified atom stereocenters. The van der Waals surface area contributed by atoms with Gasteiger partial charge in [-0.05, 0) is 39.7 Å². The molecule has 0 amide bonds. The summed E-state index contributed by atoms with van der Waals surface area (Å²) >= 11 is 15.4. The molecule has 0 bridgehead atoms. The molecule has 0 aliphatic heterocycles. The van der Waals surface area contributed by atoms with Crippen molar-refractivity contribution in [3.05, 3.63) is 57.2 Å². The van der Waals surface area contributed by atoms with Crippen LogP contribution in [0.1, 0.15) is 11.1 Å². The molecule has 0 saturated heterocycles. The van der Waals surface area contributed by atoms with E-state index in [0.717, 1.165) is 33.0 Å². The molecule has 100 valence electrons. The standard InChI is InChI=1S/C14H13BrCl2N2/c1-19(9-10-3-2-4-13(17)5-10)14-11(7-16)6-12(15)8-18-14/h2-6,8H,7,9H2,1H3. The van der Waals surface area contributed by atoms with E-state index in [-0.39, 0.29) is 0 Å². The number of benzene rings is 1. The van der Waals surface area contributed by atoms with Gasteiger partial charge in [-0.25, -0.2) is 4.98 Å². The Hall–Kier alpha value is -0.770. The average Bonchev–Trinajstić information content (AvgIpc) is 2.38. The highest BCUT2D eigenvalue weighted by molar-refractivity contribution is 9.10. The minimum absolute atomic E-state index is 0.432. The number of pyridine rings is 1. The smallest absolute Gasteiger partial charge is 0.133 e. The van der Waals surface area contributed by atoms with E-state index in [9.17, 15) is 0 Å². The third-order valence-electron chi connectivity index (χ3n) is 2.72. The third kappa shape index (κ3) is 3.85. The van der Waals surface area contributed by atoms with Crippen LogP contribution in [0.3, 0.4) is 0 Å². The average molecular weight is 360 g/mol. The van der Waals surface area contributed by atoms with E-state index in [1.54, 1.807) is 6.20 Å². The molecule has 2 rings (SSSR count). The lowest BCUT2D eigenvalue weighted by Crippen LogP contribution is -2.19. The van der Waals surface area contributed by atoms with Gasteiger partial charge in [0.2, 0.25) is 0 Å². The predicted molar refractivity (Wildman–Crippen MR) is 85.1 cm³/mol. The van der Waals surface area contributed by atoms with Gasteiger partial charge in [0.15, 0.2) is 0 Å². The van der Waals surface area contributed by atoms with Crippen LogP contribution >= 0.6 is 39.1 Å². The Balaban J connectivity index is 2.22. The highest BCUT2D eigenvalue weighted by Gasteiger charge is 2.10. The van der Waals surface area contributed by atoms with Crippen LogP contribution in [0.15, 0.2) is 41.0 Å². The monoisotopic (exact) mass is 358 g/mol. The number of halogens is 3. The molecule has 1 aromatic carbocycles. The number of hydrogen-bond donors (Lipinski definition) is 0. The molecule has 0 saturated carbocycles. The van der Waals surface area contributed by atoms with Crippen molar-refractivity contribution in [2.75, 3.05) is 11.9 Å². The number of anilines is 1. The molecule has 2 nitrogen and oxygen atoms in total.